The maximum atomic E-state index is 11.0. The van der Waals surface area contributed by atoms with Gasteiger partial charge >= 0.3 is 5.97 Å². The average molecular weight is 254 g/mol. The van der Waals surface area contributed by atoms with Crippen molar-refractivity contribution in [3.63, 3.8) is 0 Å². The largest absolute Gasteiger partial charge is 0.481 e. The van der Waals surface area contributed by atoms with Gasteiger partial charge in [0.25, 0.3) is 0 Å². The maximum absolute atomic E-state index is 11.0. The van der Waals surface area contributed by atoms with Crippen LogP contribution in [0.15, 0.2) is 0 Å². The predicted octanol–water partition coefficient (Wildman–Crippen LogP) is 1.70. The Balaban J connectivity index is 1.70. The quantitative estimate of drug-likeness (QED) is 0.757. The fourth-order valence-corrected chi connectivity index (χ4v) is 2.92. The second-order valence-electron chi connectivity index (χ2n) is 6.05. The molecule has 2 saturated carbocycles. The third kappa shape index (κ3) is 3.69. The van der Waals surface area contributed by atoms with Gasteiger partial charge in [-0.2, -0.15) is 0 Å². The maximum Gasteiger partial charge on any atom is 0.306 e. The minimum Gasteiger partial charge on any atom is -0.481 e. The van der Waals surface area contributed by atoms with E-state index in [0.29, 0.717) is 12.1 Å². The lowest BCUT2D eigenvalue weighted by atomic mass is 9.86. The highest BCUT2D eigenvalue weighted by atomic mass is 16.4. The second kappa shape index (κ2) is 6.02. The van der Waals surface area contributed by atoms with Crippen molar-refractivity contribution in [2.24, 2.45) is 5.92 Å². The predicted molar refractivity (Wildman–Crippen MR) is 71.6 cm³/mol. The monoisotopic (exact) mass is 254 g/mol. The van der Waals surface area contributed by atoms with E-state index in [1.807, 2.05) is 0 Å². The SMILES string of the molecule is CC(CNC1CCCC(C(=O)O)C1)N(C)C1CC1. The zero-order valence-corrected chi connectivity index (χ0v) is 11.6. The summed E-state index contributed by atoms with van der Waals surface area (Å²) >= 11 is 0. The van der Waals surface area contributed by atoms with Crippen molar-refractivity contribution in [2.45, 2.75) is 63.6 Å². The van der Waals surface area contributed by atoms with Crippen LogP contribution in [-0.2, 0) is 4.79 Å². The number of likely N-dealkylation sites (N-methyl/N-ethyl adjacent to an activating group) is 1. The van der Waals surface area contributed by atoms with Crippen molar-refractivity contribution in [3.05, 3.63) is 0 Å². The number of nitrogens with one attached hydrogen (secondary N) is 1. The Morgan fingerprint density at radius 1 is 1.39 bits per heavy atom. The molecule has 0 aromatic heterocycles. The zero-order chi connectivity index (χ0) is 13.1. The van der Waals surface area contributed by atoms with Crippen LogP contribution in [0, 0.1) is 5.92 Å². The van der Waals surface area contributed by atoms with Gasteiger partial charge in [0.1, 0.15) is 0 Å². The van der Waals surface area contributed by atoms with Gasteiger partial charge in [0.15, 0.2) is 0 Å². The van der Waals surface area contributed by atoms with Crippen LogP contribution in [0.2, 0.25) is 0 Å². The molecule has 0 radical (unpaired) electrons. The highest BCUT2D eigenvalue weighted by molar-refractivity contribution is 5.70. The number of hydrogen-bond acceptors (Lipinski definition) is 3. The smallest absolute Gasteiger partial charge is 0.306 e. The minimum absolute atomic E-state index is 0.132. The number of carboxylic acid groups (broad SMARTS) is 1. The molecule has 2 aliphatic carbocycles. The van der Waals surface area contributed by atoms with Crippen LogP contribution in [0.25, 0.3) is 0 Å². The fraction of sp³-hybridized carbons (Fsp3) is 0.929. The van der Waals surface area contributed by atoms with Crippen molar-refractivity contribution >= 4 is 5.97 Å². The van der Waals surface area contributed by atoms with Crippen LogP contribution in [0.4, 0.5) is 0 Å². The summed E-state index contributed by atoms with van der Waals surface area (Å²) in [4.78, 5) is 13.5. The fourth-order valence-electron chi connectivity index (χ4n) is 2.92. The Kier molecular flexibility index (Phi) is 4.62. The first-order chi connectivity index (χ1) is 8.58. The zero-order valence-electron chi connectivity index (χ0n) is 11.6. The summed E-state index contributed by atoms with van der Waals surface area (Å²) in [5, 5.41) is 12.6. The summed E-state index contributed by atoms with van der Waals surface area (Å²) in [5.74, 6) is -0.752. The molecule has 2 aliphatic rings. The number of rotatable bonds is 6. The molecule has 0 heterocycles. The molecule has 0 aromatic rings. The molecule has 4 nitrogen and oxygen atoms in total. The topological polar surface area (TPSA) is 52.6 Å². The Morgan fingerprint density at radius 3 is 2.72 bits per heavy atom. The molecule has 0 aromatic carbocycles. The van der Waals surface area contributed by atoms with E-state index in [0.717, 1.165) is 38.3 Å². The van der Waals surface area contributed by atoms with E-state index >= 15 is 0 Å². The molecular weight excluding hydrogens is 228 g/mol. The van der Waals surface area contributed by atoms with Crippen molar-refractivity contribution in [1.82, 2.24) is 10.2 Å². The lowest BCUT2D eigenvalue weighted by molar-refractivity contribution is -0.143. The molecule has 2 fully saturated rings. The van der Waals surface area contributed by atoms with Crippen molar-refractivity contribution in [3.8, 4) is 0 Å². The van der Waals surface area contributed by atoms with Crippen LogP contribution in [-0.4, -0.2) is 47.7 Å². The Labute approximate surface area is 110 Å². The van der Waals surface area contributed by atoms with E-state index in [2.05, 4.69) is 24.2 Å². The van der Waals surface area contributed by atoms with E-state index in [1.165, 1.54) is 12.8 Å². The van der Waals surface area contributed by atoms with Gasteiger partial charge in [-0.1, -0.05) is 6.42 Å². The molecule has 104 valence electrons. The van der Waals surface area contributed by atoms with Crippen LogP contribution >= 0.6 is 0 Å². The molecule has 18 heavy (non-hydrogen) atoms. The first kappa shape index (κ1) is 13.8. The first-order valence-electron chi connectivity index (χ1n) is 7.26. The van der Waals surface area contributed by atoms with Gasteiger partial charge in [-0.15, -0.1) is 0 Å². The molecule has 0 saturated heterocycles. The molecule has 4 heteroatoms. The summed E-state index contributed by atoms with van der Waals surface area (Å²) in [6.07, 6.45) is 6.50. The lowest BCUT2D eigenvalue weighted by Gasteiger charge is -2.31. The van der Waals surface area contributed by atoms with Crippen molar-refractivity contribution in [1.29, 1.82) is 0 Å². The Hall–Kier alpha value is -0.610. The number of hydrogen-bond donors (Lipinski definition) is 2. The minimum atomic E-state index is -0.621. The van der Waals surface area contributed by atoms with E-state index in [4.69, 9.17) is 5.11 Å². The third-order valence-electron chi connectivity index (χ3n) is 4.54. The Morgan fingerprint density at radius 2 is 2.11 bits per heavy atom. The van der Waals surface area contributed by atoms with Crippen molar-refractivity contribution in [2.75, 3.05) is 13.6 Å². The van der Waals surface area contributed by atoms with Gasteiger partial charge in [0.2, 0.25) is 0 Å². The normalized spacial score (nSPS) is 30.4. The van der Waals surface area contributed by atoms with Gasteiger partial charge in [-0.25, -0.2) is 0 Å². The highest BCUT2D eigenvalue weighted by Gasteiger charge is 2.30. The number of carbonyl (C=O) groups is 1. The van der Waals surface area contributed by atoms with Gasteiger partial charge in [-0.05, 0) is 46.1 Å². The molecule has 0 bridgehead atoms. The van der Waals surface area contributed by atoms with E-state index in [1.54, 1.807) is 0 Å². The standard InChI is InChI=1S/C14H26N2O2/c1-10(16(2)13-6-7-13)9-15-12-5-3-4-11(8-12)14(17)18/h10-13,15H,3-9H2,1-2H3,(H,17,18). The number of carboxylic acids is 1. The Bertz CT molecular complexity index is 292. The molecular formula is C14H26N2O2. The molecule has 0 aliphatic heterocycles. The molecule has 0 amide bonds. The van der Waals surface area contributed by atoms with Gasteiger partial charge < -0.3 is 10.4 Å². The summed E-state index contributed by atoms with van der Waals surface area (Å²) < 4.78 is 0. The number of aliphatic carboxylic acids is 1. The van der Waals surface area contributed by atoms with Gasteiger partial charge in [0.05, 0.1) is 5.92 Å². The summed E-state index contributed by atoms with van der Waals surface area (Å²) in [7, 11) is 2.20. The van der Waals surface area contributed by atoms with E-state index in [-0.39, 0.29) is 5.92 Å². The molecule has 3 unspecified atom stereocenters. The van der Waals surface area contributed by atoms with Crippen LogP contribution in [0.5, 0.6) is 0 Å². The lowest BCUT2D eigenvalue weighted by Crippen LogP contribution is -2.44. The number of nitrogens with zero attached hydrogens (tertiary/aromatic N) is 1. The van der Waals surface area contributed by atoms with E-state index < -0.39 is 5.97 Å². The van der Waals surface area contributed by atoms with Crippen LogP contribution in [0.1, 0.15) is 45.4 Å². The molecule has 3 atom stereocenters. The first-order valence-corrected chi connectivity index (χ1v) is 7.26. The van der Waals surface area contributed by atoms with E-state index in [9.17, 15) is 4.79 Å². The summed E-state index contributed by atoms with van der Waals surface area (Å²) in [6.45, 7) is 3.23. The second-order valence-corrected chi connectivity index (χ2v) is 6.05. The average Bonchev–Trinajstić information content (AvgIpc) is 3.19. The van der Waals surface area contributed by atoms with Crippen molar-refractivity contribution < 1.29 is 9.90 Å². The summed E-state index contributed by atoms with van der Waals surface area (Å²) in [6, 6.07) is 1.73. The highest BCUT2D eigenvalue weighted by Crippen LogP contribution is 2.27. The third-order valence-corrected chi connectivity index (χ3v) is 4.54. The molecule has 0 spiro atoms. The summed E-state index contributed by atoms with van der Waals surface area (Å²) in [5.41, 5.74) is 0. The van der Waals surface area contributed by atoms with Crippen LogP contribution < -0.4 is 5.32 Å². The molecule has 2 N–H and O–H groups in total. The van der Waals surface area contributed by atoms with Crippen LogP contribution in [0.3, 0.4) is 0 Å². The van der Waals surface area contributed by atoms with Gasteiger partial charge in [0, 0.05) is 24.7 Å². The van der Waals surface area contributed by atoms with Gasteiger partial charge in [-0.3, -0.25) is 9.69 Å². The molecule has 2 rings (SSSR count).